The first kappa shape index (κ1) is 17.5. The van der Waals surface area contributed by atoms with Crippen LogP contribution in [0.5, 0.6) is 0 Å². The Morgan fingerprint density at radius 2 is 2.04 bits per heavy atom. The number of carbonyl (C=O) groups excluding carboxylic acids is 1. The molecule has 1 aliphatic carbocycles. The Kier molecular flexibility index (Phi) is 5.61. The molecule has 3 rings (SSSR count). The number of aryl methyl sites for hydroxylation is 1. The van der Waals surface area contributed by atoms with Gasteiger partial charge in [0, 0.05) is 6.04 Å². The lowest BCUT2D eigenvalue weighted by Gasteiger charge is -2.15. The topological polar surface area (TPSA) is 46.9 Å². The molecule has 0 aromatic carbocycles. The molecule has 0 bridgehead atoms. The van der Waals surface area contributed by atoms with Crippen molar-refractivity contribution < 1.29 is 4.79 Å². The van der Waals surface area contributed by atoms with E-state index in [-0.39, 0.29) is 5.91 Å². The van der Waals surface area contributed by atoms with Crippen LogP contribution in [-0.4, -0.2) is 21.7 Å². The van der Waals surface area contributed by atoms with E-state index < -0.39 is 0 Å². The molecule has 1 amide bonds. The average molecular weight is 366 g/mol. The number of hydrogen-bond donors (Lipinski definition) is 1. The first-order valence-corrected chi connectivity index (χ1v) is 9.88. The summed E-state index contributed by atoms with van der Waals surface area (Å²) in [4.78, 5) is 13.3. The molecule has 1 fully saturated rings. The maximum atomic E-state index is 12.5. The maximum absolute atomic E-state index is 12.5. The highest BCUT2D eigenvalue weighted by atomic mass is 35.5. The lowest BCUT2D eigenvalue weighted by Crippen LogP contribution is -2.33. The van der Waals surface area contributed by atoms with Gasteiger partial charge in [-0.1, -0.05) is 37.3 Å². The lowest BCUT2D eigenvalue weighted by molar-refractivity contribution is 0.0937. The number of halogens is 1. The Hall–Kier alpha value is -1.33. The molecule has 1 N–H and O–H groups in total. The van der Waals surface area contributed by atoms with Gasteiger partial charge in [0.1, 0.15) is 0 Å². The summed E-state index contributed by atoms with van der Waals surface area (Å²) in [5.41, 5.74) is 2.90. The van der Waals surface area contributed by atoms with Crippen LogP contribution in [0.15, 0.2) is 11.4 Å². The summed E-state index contributed by atoms with van der Waals surface area (Å²) in [6.07, 6.45) is 7.24. The van der Waals surface area contributed by atoms with Gasteiger partial charge in [-0.3, -0.25) is 9.48 Å². The molecule has 1 aliphatic rings. The van der Waals surface area contributed by atoms with Crippen molar-refractivity contribution in [3.05, 3.63) is 38.3 Å². The number of nitrogens with zero attached hydrogens (tertiary/aromatic N) is 2. The normalized spacial score (nSPS) is 16.1. The van der Waals surface area contributed by atoms with Gasteiger partial charge in [-0.05, 0) is 43.7 Å². The molecule has 0 atom stereocenters. The molecule has 130 valence electrons. The van der Waals surface area contributed by atoms with Crippen molar-refractivity contribution in [1.82, 2.24) is 15.1 Å². The Morgan fingerprint density at radius 3 is 2.67 bits per heavy atom. The van der Waals surface area contributed by atoms with Crippen molar-refractivity contribution in [3.8, 4) is 0 Å². The fourth-order valence-electron chi connectivity index (χ4n) is 3.26. The summed E-state index contributed by atoms with van der Waals surface area (Å²) in [5.74, 6) is 0.0598. The van der Waals surface area contributed by atoms with Crippen LogP contribution in [0.25, 0.3) is 0 Å². The van der Waals surface area contributed by atoms with E-state index in [4.69, 9.17) is 11.6 Å². The molecule has 0 unspecified atom stereocenters. The fraction of sp³-hybridized carbons (Fsp3) is 0.556. The van der Waals surface area contributed by atoms with E-state index in [1.807, 2.05) is 30.0 Å². The molecule has 24 heavy (non-hydrogen) atoms. The number of carbonyl (C=O) groups is 1. The van der Waals surface area contributed by atoms with E-state index in [1.54, 1.807) is 0 Å². The zero-order valence-corrected chi connectivity index (χ0v) is 15.8. The van der Waals surface area contributed by atoms with Gasteiger partial charge >= 0.3 is 0 Å². The molecular weight excluding hydrogens is 342 g/mol. The summed E-state index contributed by atoms with van der Waals surface area (Å²) in [5, 5.41) is 10.4. The summed E-state index contributed by atoms with van der Waals surface area (Å²) in [6, 6.07) is 2.31. The van der Waals surface area contributed by atoms with Crippen molar-refractivity contribution in [2.24, 2.45) is 0 Å². The highest BCUT2D eigenvalue weighted by Crippen LogP contribution is 2.22. The van der Waals surface area contributed by atoms with E-state index in [0.717, 1.165) is 39.7 Å². The first-order valence-electron chi connectivity index (χ1n) is 8.62. The maximum Gasteiger partial charge on any atom is 0.261 e. The molecule has 0 saturated heterocycles. The third-order valence-electron chi connectivity index (χ3n) is 4.69. The second-order valence-electron chi connectivity index (χ2n) is 6.62. The summed E-state index contributed by atoms with van der Waals surface area (Å²) in [7, 11) is 0. The largest absolute Gasteiger partial charge is 0.349 e. The lowest BCUT2D eigenvalue weighted by atomic mass is 10.1. The van der Waals surface area contributed by atoms with Crippen LogP contribution in [-0.2, 0) is 6.54 Å². The number of thiophene rings is 1. The average Bonchev–Trinajstić information content (AvgIpc) is 3.00. The van der Waals surface area contributed by atoms with Crippen LogP contribution in [0.1, 0.15) is 65.1 Å². The van der Waals surface area contributed by atoms with Crippen LogP contribution >= 0.6 is 22.9 Å². The number of rotatable bonds is 4. The highest BCUT2D eigenvalue weighted by Gasteiger charge is 2.17. The molecule has 2 aromatic rings. The number of nitrogens with one attached hydrogen (secondary N) is 1. The molecule has 2 aromatic heterocycles. The quantitative estimate of drug-likeness (QED) is 0.797. The highest BCUT2D eigenvalue weighted by molar-refractivity contribution is 7.12. The van der Waals surface area contributed by atoms with Gasteiger partial charge in [-0.25, -0.2) is 0 Å². The minimum absolute atomic E-state index is 0.0598. The van der Waals surface area contributed by atoms with Crippen molar-refractivity contribution in [2.45, 2.75) is 65.0 Å². The summed E-state index contributed by atoms with van der Waals surface area (Å²) in [6.45, 7) is 4.52. The van der Waals surface area contributed by atoms with Gasteiger partial charge in [0.2, 0.25) is 0 Å². The first-order chi connectivity index (χ1) is 11.5. The predicted molar refractivity (Wildman–Crippen MR) is 99.1 cm³/mol. The molecular formula is C18H24ClN3OS. The van der Waals surface area contributed by atoms with E-state index in [0.29, 0.717) is 12.6 Å². The third-order valence-corrected chi connectivity index (χ3v) is 6.22. The van der Waals surface area contributed by atoms with Gasteiger partial charge in [0.25, 0.3) is 5.91 Å². The Balaban J connectivity index is 1.64. The molecule has 6 heteroatoms. The minimum Gasteiger partial charge on any atom is -0.349 e. The number of amides is 1. The van der Waals surface area contributed by atoms with Gasteiger partial charge in [-0.2, -0.15) is 5.10 Å². The monoisotopic (exact) mass is 365 g/mol. The Bertz CT molecular complexity index is 714. The molecule has 4 nitrogen and oxygen atoms in total. The predicted octanol–water partition coefficient (Wildman–Crippen LogP) is 4.72. The molecule has 0 radical (unpaired) electrons. The summed E-state index contributed by atoms with van der Waals surface area (Å²) >= 11 is 7.70. The van der Waals surface area contributed by atoms with Crippen LogP contribution in [0.3, 0.4) is 0 Å². The molecule has 0 aliphatic heterocycles. The summed E-state index contributed by atoms with van der Waals surface area (Å²) < 4.78 is 1.90. The number of hydrogen-bond acceptors (Lipinski definition) is 3. The zero-order valence-electron chi connectivity index (χ0n) is 14.3. The zero-order chi connectivity index (χ0) is 17.1. The van der Waals surface area contributed by atoms with Gasteiger partial charge in [0.15, 0.2) is 0 Å². The smallest absolute Gasteiger partial charge is 0.261 e. The molecule has 1 saturated carbocycles. The fourth-order valence-corrected chi connectivity index (χ4v) is 4.20. The van der Waals surface area contributed by atoms with Crippen LogP contribution in [0.4, 0.5) is 0 Å². The van der Waals surface area contributed by atoms with Gasteiger partial charge in [-0.15, -0.1) is 11.3 Å². The van der Waals surface area contributed by atoms with Gasteiger partial charge < -0.3 is 5.32 Å². The van der Waals surface area contributed by atoms with Crippen molar-refractivity contribution in [2.75, 3.05) is 0 Å². The van der Waals surface area contributed by atoms with Gasteiger partial charge in [0.05, 0.1) is 27.8 Å². The second kappa shape index (κ2) is 7.70. The third kappa shape index (κ3) is 4.01. The molecule has 0 spiro atoms. The van der Waals surface area contributed by atoms with Crippen molar-refractivity contribution >= 4 is 28.8 Å². The SMILES string of the molecule is Cc1nn(Cc2csc(C(=O)NC3CCCCCC3)c2)c(C)c1Cl. The van der Waals surface area contributed by atoms with E-state index in [1.165, 1.54) is 37.0 Å². The molecule has 2 heterocycles. The van der Waals surface area contributed by atoms with Crippen LogP contribution in [0.2, 0.25) is 5.02 Å². The Morgan fingerprint density at radius 1 is 1.33 bits per heavy atom. The standard InChI is InChI=1S/C18H24ClN3OS/c1-12-17(19)13(2)22(21-12)10-14-9-16(24-11-14)18(23)20-15-7-5-3-4-6-8-15/h9,11,15H,3-8,10H2,1-2H3,(H,20,23). The van der Waals surface area contributed by atoms with Crippen molar-refractivity contribution in [1.29, 1.82) is 0 Å². The van der Waals surface area contributed by atoms with E-state index >= 15 is 0 Å². The van der Waals surface area contributed by atoms with E-state index in [2.05, 4.69) is 10.4 Å². The second-order valence-corrected chi connectivity index (χ2v) is 7.91. The number of aromatic nitrogens is 2. The minimum atomic E-state index is 0.0598. The van der Waals surface area contributed by atoms with Crippen molar-refractivity contribution in [3.63, 3.8) is 0 Å². The van der Waals surface area contributed by atoms with E-state index in [9.17, 15) is 4.79 Å². The Labute approximate surface area is 152 Å². The van der Waals surface area contributed by atoms with Crippen LogP contribution in [0, 0.1) is 13.8 Å². The van der Waals surface area contributed by atoms with Crippen LogP contribution < -0.4 is 5.32 Å².